The largest absolute Gasteiger partial charge is 0.378 e. The number of hydrogen-bond donors (Lipinski definition) is 3. The molecule has 0 spiro atoms. The number of aromatic nitrogens is 2. The van der Waals surface area contributed by atoms with Gasteiger partial charge in [0.25, 0.3) is 0 Å². The lowest BCUT2D eigenvalue weighted by atomic mass is 10.1. The van der Waals surface area contributed by atoms with Crippen molar-refractivity contribution in [2.24, 2.45) is 0 Å². The van der Waals surface area contributed by atoms with Gasteiger partial charge in [0.1, 0.15) is 0 Å². The van der Waals surface area contributed by atoms with Gasteiger partial charge in [-0.1, -0.05) is 12.1 Å². The van der Waals surface area contributed by atoms with Gasteiger partial charge in [-0.25, -0.2) is 18.4 Å². The van der Waals surface area contributed by atoms with E-state index in [1.54, 1.807) is 42.6 Å². The van der Waals surface area contributed by atoms with Gasteiger partial charge in [0.2, 0.25) is 21.1 Å². The van der Waals surface area contributed by atoms with E-state index in [1.165, 1.54) is 0 Å². The Labute approximate surface area is 197 Å². The lowest BCUT2D eigenvalue weighted by molar-refractivity contribution is 0.108. The van der Waals surface area contributed by atoms with Crippen LogP contribution in [0.2, 0.25) is 0 Å². The second-order valence-corrected chi connectivity index (χ2v) is 9.63. The van der Waals surface area contributed by atoms with Crippen LogP contribution in [0.25, 0.3) is 11.3 Å². The lowest BCUT2D eigenvalue weighted by Gasteiger charge is -2.30. The second-order valence-electron chi connectivity index (χ2n) is 7.48. The van der Waals surface area contributed by atoms with Crippen molar-refractivity contribution in [3.8, 4) is 11.3 Å². The zero-order valence-corrected chi connectivity index (χ0v) is 19.6. The molecule has 0 atom stereocenters. The molecule has 2 aromatic carbocycles. The van der Waals surface area contributed by atoms with Crippen LogP contribution in [-0.2, 0) is 14.8 Å². The molecule has 0 saturated carbocycles. The predicted octanol–water partition coefficient (Wildman–Crippen LogP) is 3.17. The summed E-state index contributed by atoms with van der Waals surface area (Å²) >= 11 is 4.05. The maximum atomic E-state index is 12.2. The number of carbonyl (C=O) groups is 1. The molecule has 0 amide bonds. The molecule has 11 heteroatoms. The number of thiol groups is 1. The number of morpholine rings is 1. The van der Waals surface area contributed by atoms with Crippen LogP contribution < -0.4 is 14.9 Å². The summed E-state index contributed by atoms with van der Waals surface area (Å²) in [4.78, 5) is 23.1. The minimum Gasteiger partial charge on any atom is -0.378 e. The van der Waals surface area contributed by atoms with E-state index < -0.39 is 10.0 Å². The van der Waals surface area contributed by atoms with Gasteiger partial charge in [-0.05, 0) is 36.4 Å². The Bertz CT molecular complexity index is 1260. The zero-order valence-electron chi connectivity index (χ0n) is 17.9. The van der Waals surface area contributed by atoms with Gasteiger partial charge in [0.05, 0.1) is 30.7 Å². The van der Waals surface area contributed by atoms with Gasteiger partial charge in [-0.15, -0.1) is 12.6 Å². The first-order valence-electron chi connectivity index (χ1n) is 10.2. The van der Waals surface area contributed by atoms with Crippen LogP contribution in [0, 0.1) is 0 Å². The standard InChI is InChI=1S/C22H23N5O4S2/c1-33(29,30)26-16-4-2-15(3-5-16)19-8-9-23-22(25-19)24-17-6-7-20(18(14-17)21(28)32)27-10-12-31-13-11-27/h2-9,14,26H,10-13H2,1H3,(H,28,32)(H,23,24,25). The van der Waals surface area contributed by atoms with E-state index in [-0.39, 0.29) is 5.12 Å². The summed E-state index contributed by atoms with van der Waals surface area (Å²) in [7, 11) is -3.34. The van der Waals surface area contributed by atoms with Crippen molar-refractivity contribution in [2.75, 3.05) is 47.5 Å². The van der Waals surface area contributed by atoms with Crippen LogP contribution in [0.15, 0.2) is 54.7 Å². The third-order valence-corrected chi connectivity index (χ3v) is 5.82. The van der Waals surface area contributed by atoms with Crippen molar-refractivity contribution in [1.29, 1.82) is 0 Å². The highest BCUT2D eigenvalue weighted by molar-refractivity contribution is 7.97. The highest BCUT2D eigenvalue weighted by Gasteiger charge is 2.18. The summed E-state index contributed by atoms with van der Waals surface area (Å²) in [5.41, 5.74) is 3.91. The Morgan fingerprint density at radius 1 is 1.06 bits per heavy atom. The molecule has 0 bridgehead atoms. The van der Waals surface area contributed by atoms with Crippen LogP contribution in [-0.4, -0.2) is 56.1 Å². The molecule has 0 aliphatic carbocycles. The fourth-order valence-electron chi connectivity index (χ4n) is 3.50. The number of nitrogens with zero attached hydrogens (tertiary/aromatic N) is 3. The Morgan fingerprint density at radius 2 is 1.76 bits per heavy atom. The quantitative estimate of drug-likeness (QED) is 0.438. The molecule has 1 aliphatic rings. The highest BCUT2D eigenvalue weighted by atomic mass is 32.2. The van der Waals surface area contributed by atoms with E-state index in [0.717, 1.165) is 17.5 Å². The topological polar surface area (TPSA) is 114 Å². The maximum absolute atomic E-state index is 12.2. The number of rotatable bonds is 7. The number of benzene rings is 2. The van der Waals surface area contributed by atoms with E-state index in [9.17, 15) is 13.2 Å². The fraction of sp³-hybridized carbons (Fsp3) is 0.227. The molecule has 33 heavy (non-hydrogen) atoms. The second kappa shape index (κ2) is 9.77. The van der Waals surface area contributed by atoms with Crippen molar-refractivity contribution < 1.29 is 17.9 Å². The van der Waals surface area contributed by atoms with Crippen molar-refractivity contribution in [3.05, 3.63) is 60.3 Å². The van der Waals surface area contributed by atoms with Gasteiger partial charge in [-0.2, -0.15) is 0 Å². The van der Waals surface area contributed by atoms with Crippen LogP contribution >= 0.6 is 12.6 Å². The number of nitrogens with one attached hydrogen (secondary N) is 2. The molecule has 3 aromatic rings. The molecular formula is C22H23N5O4S2. The van der Waals surface area contributed by atoms with Crippen molar-refractivity contribution in [1.82, 2.24) is 9.97 Å². The summed E-state index contributed by atoms with van der Waals surface area (Å²) in [6.45, 7) is 2.66. The molecule has 2 heterocycles. The third kappa shape index (κ3) is 6.01. The summed E-state index contributed by atoms with van der Waals surface area (Å²) < 4.78 is 30.6. The van der Waals surface area contributed by atoms with E-state index >= 15 is 0 Å². The number of ether oxygens (including phenoxy) is 1. The first-order valence-corrected chi connectivity index (χ1v) is 12.5. The number of sulfonamides is 1. The van der Waals surface area contributed by atoms with E-state index in [2.05, 4.69) is 37.5 Å². The van der Waals surface area contributed by atoms with Gasteiger partial charge >= 0.3 is 0 Å². The van der Waals surface area contributed by atoms with Crippen LogP contribution in [0.3, 0.4) is 0 Å². The summed E-state index contributed by atoms with van der Waals surface area (Å²) in [6, 6.07) is 14.1. The summed E-state index contributed by atoms with van der Waals surface area (Å²) in [6.07, 6.45) is 2.73. The fourth-order valence-corrected chi connectivity index (χ4v) is 4.24. The molecule has 0 unspecified atom stereocenters. The average Bonchev–Trinajstić information content (AvgIpc) is 2.79. The summed E-state index contributed by atoms with van der Waals surface area (Å²) in [5.74, 6) is 0.363. The minimum absolute atomic E-state index is 0.322. The van der Waals surface area contributed by atoms with Crippen molar-refractivity contribution in [3.63, 3.8) is 0 Å². The molecule has 4 rings (SSSR count). The molecule has 1 fully saturated rings. The smallest absolute Gasteiger partial charge is 0.229 e. The third-order valence-electron chi connectivity index (χ3n) is 4.97. The van der Waals surface area contributed by atoms with Gasteiger partial charge < -0.3 is 15.0 Å². The normalized spacial score (nSPS) is 14.1. The van der Waals surface area contributed by atoms with Crippen molar-refractivity contribution >= 4 is 50.8 Å². The average molecular weight is 486 g/mol. The molecule has 2 N–H and O–H groups in total. The molecule has 1 saturated heterocycles. The molecule has 9 nitrogen and oxygen atoms in total. The SMILES string of the molecule is CS(=O)(=O)Nc1ccc(-c2ccnc(Nc3ccc(N4CCOCC4)c(C(=O)S)c3)n2)cc1. The number of carbonyl (C=O) groups excluding carboxylic acids is 1. The molecule has 1 aromatic heterocycles. The van der Waals surface area contributed by atoms with Crippen LogP contribution in [0.5, 0.6) is 0 Å². The van der Waals surface area contributed by atoms with Crippen molar-refractivity contribution in [2.45, 2.75) is 0 Å². The predicted molar refractivity (Wildman–Crippen MR) is 132 cm³/mol. The van der Waals surface area contributed by atoms with Crippen LogP contribution in [0.4, 0.5) is 23.0 Å². The van der Waals surface area contributed by atoms with Crippen LogP contribution in [0.1, 0.15) is 10.4 Å². The highest BCUT2D eigenvalue weighted by Crippen LogP contribution is 2.28. The Balaban J connectivity index is 1.54. The Morgan fingerprint density at radius 3 is 2.42 bits per heavy atom. The van der Waals surface area contributed by atoms with Gasteiger partial charge in [0, 0.05) is 41.9 Å². The zero-order chi connectivity index (χ0) is 23.4. The molecular weight excluding hydrogens is 462 g/mol. The van der Waals surface area contributed by atoms with Gasteiger partial charge in [-0.3, -0.25) is 9.52 Å². The van der Waals surface area contributed by atoms with E-state index in [1.807, 2.05) is 12.1 Å². The monoisotopic (exact) mass is 485 g/mol. The maximum Gasteiger partial charge on any atom is 0.229 e. The van der Waals surface area contributed by atoms with Gasteiger partial charge in [0.15, 0.2) is 0 Å². The molecule has 172 valence electrons. The number of hydrogen-bond acceptors (Lipinski definition) is 8. The van der Waals surface area contributed by atoms with E-state index in [4.69, 9.17) is 4.74 Å². The first kappa shape index (κ1) is 23.0. The Hall–Kier alpha value is -3.15. The Kier molecular flexibility index (Phi) is 6.82. The summed E-state index contributed by atoms with van der Waals surface area (Å²) in [5, 5.41) is 2.82. The lowest BCUT2D eigenvalue weighted by Crippen LogP contribution is -2.37. The molecule has 0 radical (unpaired) electrons. The first-order chi connectivity index (χ1) is 15.8. The number of anilines is 4. The minimum atomic E-state index is -3.34. The molecule has 1 aliphatic heterocycles. The van der Waals surface area contributed by atoms with E-state index in [0.29, 0.717) is 54.9 Å².